The molecule has 0 atom stereocenters. The number of methoxy groups -OCH3 is 1. The Morgan fingerprint density at radius 1 is 1.19 bits per heavy atom. The molecule has 8 heteroatoms. The Balaban J connectivity index is 2.41. The van der Waals surface area contributed by atoms with Crippen LogP contribution in [0.4, 0.5) is 4.79 Å². The van der Waals surface area contributed by atoms with E-state index in [1.807, 2.05) is 33.8 Å². The van der Waals surface area contributed by atoms with Crippen LogP contribution in [0, 0.1) is 0 Å². The third-order valence-corrected chi connectivity index (χ3v) is 3.32. The van der Waals surface area contributed by atoms with Gasteiger partial charge in [-0.3, -0.25) is 0 Å². The van der Waals surface area contributed by atoms with Gasteiger partial charge in [0.1, 0.15) is 5.60 Å². The molecule has 0 aromatic heterocycles. The zero-order valence-corrected chi connectivity index (χ0v) is 16.9. The van der Waals surface area contributed by atoms with Crippen LogP contribution in [0.5, 0.6) is 11.5 Å². The van der Waals surface area contributed by atoms with E-state index in [9.17, 15) is 9.90 Å². The Morgan fingerprint density at radius 2 is 1.89 bits per heavy atom. The molecule has 8 nitrogen and oxygen atoms in total. The molecule has 1 aromatic rings. The van der Waals surface area contributed by atoms with Crippen LogP contribution in [-0.4, -0.2) is 49.5 Å². The van der Waals surface area contributed by atoms with Gasteiger partial charge >= 0.3 is 6.09 Å². The fraction of sp³-hybridized carbons (Fsp3) is 0.579. The minimum Gasteiger partial charge on any atom is -0.504 e. The van der Waals surface area contributed by atoms with Gasteiger partial charge in [-0.15, -0.1) is 0 Å². The molecule has 4 N–H and O–H groups in total. The molecule has 0 bridgehead atoms. The van der Waals surface area contributed by atoms with Crippen molar-refractivity contribution in [2.45, 2.75) is 46.3 Å². The average Bonchev–Trinajstić information content (AvgIpc) is 2.57. The van der Waals surface area contributed by atoms with Crippen LogP contribution in [0.1, 0.15) is 39.7 Å². The van der Waals surface area contributed by atoms with Crippen molar-refractivity contribution < 1.29 is 19.4 Å². The molecule has 0 spiro atoms. The van der Waals surface area contributed by atoms with Gasteiger partial charge < -0.3 is 30.5 Å². The number of aromatic hydroxyl groups is 1. The number of phenols is 1. The Morgan fingerprint density at radius 3 is 2.48 bits per heavy atom. The van der Waals surface area contributed by atoms with E-state index >= 15 is 0 Å². The first-order valence-corrected chi connectivity index (χ1v) is 9.10. The van der Waals surface area contributed by atoms with E-state index in [0.29, 0.717) is 31.3 Å². The normalized spacial score (nSPS) is 11.7. The van der Waals surface area contributed by atoms with E-state index < -0.39 is 11.7 Å². The molecule has 152 valence electrons. The summed E-state index contributed by atoms with van der Waals surface area (Å²) in [5, 5.41) is 18.9. The van der Waals surface area contributed by atoms with Crippen molar-refractivity contribution >= 4 is 12.1 Å². The number of carbonyl (C=O) groups excluding carboxylic acids is 1. The molecular formula is C19H32N4O4. The number of guanidine groups is 1. The van der Waals surface area contributed by atoms with Gasteiger partial charge in [0.2, 0.25) is 0 Å². The standard InChI is InChI=1S/C19H32N4O4/c1-6-20-17(21-10-7-11-22-18(25)27-19(2,3)4)23-13-14-8-9-16(26-5)15(24)12-14/h8-9,12,24H,6-7,10-11,13H2,1-5H3,(H,22,25)(H2,20,21,23). The van der Waals surface area contributed by atoms with Crippen LogP contribution in [0.25, 0.3) is 0 Å². The molecule has 1 aromatic carbocycles. The second-order valence-corrected chi connectivity index (χ2v) is 6.91. The molecule has 0 unspecified atom stereocenters. The molecular weight excluding hydrogens is 348 g/mol. The molecule has 0 fully saturated rings. The van der Waals surface area contributed by atoms with E-state index in [2.05, 4.69) is 20.9 Å². The lowest BCUT2D eigenvalue weighted by Gasteiger charge is -2.19. The van der Waals surface area contributed by atoms with Crippen LogP contribution < -0.4 is 20.7 Å². The number of hydrogen-bond donors (Lipinski definition) is 4. The smallest absolute Gasteiger partial charge is 0.407 e. The van der Waals surface area contributed by atoms with Crippen LogP contribution in [0.15, 0.2) is 23.2 Å². The van der Waals surface area contributed by atoms with Gasteiger partial charge in [-0.25, -0.2) is 9.79 Å². The average molecular weight is 380 g/mol. The Kier molecular flexibility index (Phi) is 9.25. The molecule has 27 heavy (non-hydrogen) atoms. The third-order valence-electron chi connectivity index (χ3n) is 3.32. The monoisotopic (exact) mass is 380 g/mol. The maximum atomic E-state index is 11.6. The molecule has 0 heterocycles. The highest BCUT2D eigenvalue weighted by Gasteiger charge is 2.15. The molecule has 0 aliphatic heterocycles. The molecule has 0 saturated carbocycles. The second kappa shape index (κ2) is 11.2. The summed E-state index contributed by atoms with van der Waals surface area (Å²) >= 11 is 0. The first-order chi connectivity index (χ1) is 12.7. The highest BCUT2D eigenvalue weighted by molar-refractivity contribution is 5.79. The van der Waals surface area contributed by atoms with Gasteiger partial charge in [0, 0.05) is 19.6 Å². The minimum atomic E-state index is -0.497. The van der Waals surface area contributed by atoms with Gasteiger partial charge in [0.05, 0.1) is 13.7 Å². The zero-order valence-electron chi connectivity index (χ0n) is 16.9. The number of aliphatic imine (C=N–C) groups is 1. The summed E-state index contributed by atoms with van der Waals surface area (Å²) in [6.45, 7) is 9.78. The van der Waals surface area contributed by atoms with Crippen molar-refractivity contribution in [2.75, 3.05) is 26.7 Å². The molecule has 1 amide bonds. The topological polar surface area (TPSA) is 104 Å². The van der Waals surface area contributed by atoms with Crippen molar-refractivity contribution in [3.8, 4) is 11.5 Å². The Bertz CT molecular complexity index is 627. The Hall–Kier alpha value is -2.64. The number of phenolic OH excluding ortho intramolecular Hbond substituents is 1. The molecule has 1 rings (SSSR count). The quantitative estimate of drug-likeness (QED) is 0.314. The van der Waals surface area contributed by atoms with Crippen molar-refractivity contribution in [3.63, 3.8) is 0 Å². The SMILES string of the molecule is CCNC(=NCc1ccc(OC)c(O)c1)NCCCNC(=O)OC(C)(C)C. The fourth-order valence-electron chi connectivity index (χ4n) is 2.15. The lowest BCUT2D eigenvalue weighted by Crippen LogP contribution is -2.39. The van der Waals surface area contributed by atoms with Crippen molar-refractivity contribution in [1.82, 2.24) is 16.0 Å². The summed E-state index contributed by atoms with van der Waals surface area (Å²) in [5.41, 5.74) is 0.375. The van der Waals surface area contributed by atoms with E-state index in [1.54, 1.807) is 12.1 Å². The number of amides is 1. The summed E-state index contributed by atoms with van der Waals surface area (Å²) in [5.74, 6) is 1.20. The Labute approximate surface area is 161 Å². The number of alkyl carbamates (subject to hydrolysis) is 1. The molecule has 0 aliphatic carbocycles. The summed E-state index contributed by atoms with van der Waals surface area (Å²) < 4.78 is 10.2. The number of nitrogens with zero attached hydrogens (tertiary/aromatic N) is 1. The van der Waals surface area contributed by atoms with E-state index in [-0.39, 0.29) is 5.75 Å². The van der Waals surface area contributed by atoms with Crippen LogP contribution in [-0.2, 0) is 11.3 Å². The number of ether oxygens (including phenoxy) is 2. The summed E-state index contributed by atoms with van der Waals surface area (Å²) in [7, 11) is 1.51. The second-order valence-electron chi connectivity index (χ2n) is 6.91. The zero-order chi connectivity index (χ0) is 20.3. The van der Waals surface area contributed by atoms with Gasteiger partial charge in [-0.05, 0) is 51.8 Å². The predicted molar refractivity (Wildman–Crippen MR) is 106 cm³/mol. The lowest BCUT2D eigenvalue weighted by atomic mass is 10.2. The number of nitrogens with one attached hydrogen (secondary N) is 3. The summed E-state index contributed by atoms with van der Waals surface area (Å²) in [4.78, 5) is 16.1. The number of hydrogen-bond acceptors (Lipinski definition) is 5. The van der Waals surface area contributed by atoms with Gasteiger partial charge in [0.15, 0.2) is 17.5 Å². The minimum absolute atomic E-state index is 0.0939. The maximum absolute atomic E-state index is 11.6. The summed E-state index contributed by atoms with van der Waals surface area (Å²) in [6.07, 6.45) is 0.315. The molecule has 0 aliphatic rings. The van der Waals surface area contributed by atoms with Gasteiger partial charge in [0.25, 0.3) is 0 Å². The van der Waals surface area contributed by atoms with E-state index in [4.69, 9.17) is 9.47 Å². The number of carbonyl (C=O) groups is 1. The van der Waals surface area contributed by atoms with Crippen LogP contribution in [0.2, 0.25) is 0 Å². The fourth-order valence-corrected chi connectivity index (χ4v) is 2.15. The third kappa shape index (κ3) is 9.58. The van der Waals surface area contributed by atoms with Crippen LogP contribution in [0.3, 0.4) is 0 Å². The van der Waals surface area contributed by atoms with Crippen LogP contribution >= 0.6 is 0 Å². The highest BCUT2D eigenvalue weighted by Crippen LogP contribution is 2.26. The highest BCUT2D eigenvalue weighted by atomic mass is 16.6. The van der Waals surface area contributed by atoms with Gasteiger partial charge in [-0.1, -0.05) is 6.07 Å². The van der Waals surface area contributed by atoms with E-state index in [1.165, 1.54) is 7.11 Å². The molecule has 0 saturated heterocycles. The lowest BCUT2D eigenvalue weighted by molar-refractivity contribution is 0.0527. The largest absolute Gasteiger partial charge is 0.504 e. The van der Waals surface area contributed by atoms with E-state index in [0.717, 1.165) is 18.5 Å². The first kappa shape index (κ1) is 22.4. The maximum Gasteiger partial charge on any atom is 0.407 e. The van der Waals surface area contributed by atoms with Crippen molar-refractivity contribution in [2.24, 2.45) is 4.99 Å². The number of rotatable bonds is 8. The van der Waals surface area contributed by atoms with Gasteiger partial charge in [-0.2, -0.15) is 0 Å². The van der Waals surface area contributed by atoms with Crippen molar-refractivity contribution in [3.05, 3.63) is 23.8 Å². The predicted octanol–water partition coefficient (Wildman–Crippen LogP) is 2.37. The first-order valence-electron chi connectivity index (χ1n) is 9.10. The summed E-state index contributed by atoms with van der Waals surface area (Å²) in [6, 6.07) is 5.20. The molecule has 0 radical (unpaired) electrons. The number of benzene rings is 1. The van der Waals surface area contributed by atoms with Crippen molar-refractivity contribution in [1.29, 1.82) is 0 Å².